The summed E-state index contributed by atoms with van der Waals surface area (Å²) in [5, 5.41) is 0. The predicted octanol–water partition coefficient (Wildman–Crippen LogP) is 10.3. The van der Waals surface area contributed by atoms with Crippen LogP contribution in [0.2, 0.25) is 0 Å². The Hall–Kier alpha value is -3.12. The highest BCUT2D eigenvalue weighted by molar-refractivity contribution is 5.83. The Balaban J connectivity index is 1.90. The number of hydrogen-bond donors (Lipinski definition) is 0. The van der Waals surface area contributed by atoms with Crippen LogP contribution in [0.15, 0.2) is 60.7 Å². The first-order chi connectivity index (χ1) is 24.0. The third kappa shape index (κ3) is 12.0. The van der Waals surface area contributed by atoms with Crippen molar-refractivity contribution in [1.82, 2.24) is 0 Å². The zero-order valence-electron chi connectivity index (χ0n) is 30.6. The Morgan fingerprint density at radius 2 is 0.922 bits per heavy atom. The minimum absolute atomic E-state index is 0.125. The number of ether oxygens (including phenoxy) is 4. The summed E-state index contributed by atoms with van der Waals surface area (Å²) in [7, 11) is 1.68. The fourth-order valence-corrected chi connectivity index (χ4v) is 6.31. The van der Waals surface area contributed by atoms with Crippen molar-refractivity contribution in [2.45, 2.75) is 109 Å². The Kier molecular flexibility index (Phi) is 17.5. The van der Waals surface area contributed by atoms with Crippen LogP contribution < -0.4 is 0 Å². The maximum absolute atomic E-state index is 14.3. The molecule has 0 aromatic heterocycles. The topological polar surface area (TPSA) is 71.1 Å². The molecule has 0 saturated heterocycles. The van der Waals surface area contributed by atoms with Gasteiger partial charge in [-0.1, -0.05) is 127 Å². The average Bonchev–Trinajstić information content (AvgIpc) is 3.06. The van der Waals surface area contributed by atoms with E-state index in [9.17, 15) is 35.9 Å². The van der Waals surface area contributed by atoms with Crippen LogP contribution in [0.5, 0.6) is 0 Å². The number of carbonyl (C=O) groups is 2. The van der Waals surface area contributed by atoms with Crippen molar-refractivity contribution in [3.8, 4) is 0 Å². The summed E-state index contributed by atoms with van der Waals surface area (Å²) in [5.74, 6) is -2.56. The molecule has 12 heteroatoms. The molecule has 0 bridgehead atoms. The van der Waals surface area contributed by atoms with E-state index in [1.54, 1.807) is 19.1 Å². The van der Waals surface area contributed by atoms with Gasteiger partial charge in [0.2, 0.25) is 0 Å². The molecule has 0 N–H and O–H groups in total. The molecule has 2 aromatic rings. The van der Waals surface area contributed by atoms with Gasteiger partial charge in [-0.25, -0.2) is 9.59 Å². The summed E-state index contributed by atoms with van der Waals surface area (Å²) in [6, 6.07) is 13.4. The molecule has 0 radical (unpaired) electrons. The molecule has 0 aliphatic rings. The standard InChI is InChI=1S/C39H54F6O6/c1-28(2)16-13-20-31(27-51-35(47)37(49-6,39(43,44)45)33-24-11-8-12-25-33)21-15-18-29(3)17-14-19-30(4)26-50-34(46)36(48-5,38(40,41)42)32-22-9-7-10-23-32/h7-12,22-25,28-31H,13-21,26-27H2,1-6H3/t29?,30-,31?,36-,37-/m0/s1. The fraction of sp³-hybridized carbons (Fsp3) is 0.641. The first-order valence-electron chi connectivity index (χ1n) is 17.6. The third-order valence-corrected chi connectivity index (χ3v) is 9.39. The first-order valence-corrected chi connectivity index (χ1v) is 17.6. The molecule has 288 valence electrons. The van der Waals surface area contributed by atoms with E-state index in [4.69, 9.17) is 18.9 Å². The average molecular weight is 733 g/mol. The van der Waals surface area contributed by atoms with Gasteiger partial charge in [0.25, 0.3) is 11.2 Å². The lowest BCUT2D eigenvalue weighted by molar-refractivity contribution is -0.277. The van der Waals surface area contributed by atoms with E-state index >= 15 is 0 Å². The van der Waals surface area contributed by atoms with E-state index in [0.29, 0.717) is 31.1 Å². The first kappa shape index (κ1) is 44.0. The summed E-state index contributed by atoms with van der Waals surface area (Å²) in [4.78, 5) is 25.9. The van der Waals surface area contributed by atoms with Gasteiger partial charge in [-0.3, -0.25) is 0 Å². The number of rotatable bonds is 22. The van der Waals surface area contributed by atoms with Crippen LogP contribution in [0.4, 0.5) is 26.3 Å². The molecule has 2 unspecified atom stereocenters. The lowest BCUT2D eigenvalue weighted by atomic mass is 9.90. The molecule has 0 fully saturated rings. The van der Waals surface area contributed by atoms with Crippen molar-refractivity contribution in [2.75, 3.05) is 27.4 Å². The van der Waals surface area contributed by atoms with E-state index in [1.807, 2.05) is 0 Å². The highest BCUT2D eigenvalue weighted by Crippen LogP contribution is 2.44. The van der Waals surface area contributed by atoms with Gasteiger partial charge in [0, 0.05) is 25.3 Å². The zero-order chi connectivity index (χ0) is 38.3. The van der Waals surface area contributed by atoms with Gasteiger partial charge in [0.15, 0.2) is 0 Å². The van der Waals surface area contributed by atoms with E-state index in [1.165, 1.54) is 48.5 Å². The number of alkyl halides is 6. The summed E-state index contributed by atoms with van der Waals surface area (Å²) in [6.07, 6.45) is -3.06. The van der Waals surface area contributed by atoms with Gasteiger partial charge in [-0.15, -0.1) is 0 Å². The highest BCUT2D eigenvalue weighted by atomic mass is 19.4. The van der Waals surface area contributed by atoms with Crippen LogP contribution in [-0.4, -0.2) is 51.7 Å². The van der Waals surface area contributed by atoms with Crippen molar-refractivity contribution in [1.29, 1.82) is 0 Å². The quantitative estimate of drug-likeness (QED) is 0.0887. The second kappa shape index (κ2) is 20.2. The minimum Gasteiger partial charge on any atom is -0.463 e. The van der Waals surface area contributed by atoms with Crippen LogP contribution in [-0.2, 0) is 39.7 Å². The minimum atomic E-state index is -5.04. The van der Waals surface area contributed by atoms with Crippen molar-refractivity contribution in [3.05, 3.63) is 71.8 Å². The molecule has 0 spiro atoms. The molecule has 51 heavy (non-hydrogen) atoms. The van der Waals surface area contributed by atoms with Crippen molar-refractivity contribution in [3.63, 3.8) is 0 Å². The number of carbonyl (C=O) groups excluding carboxylic acids is 2. The second-order valence-electron chi connectivity index (χ2n) is 14.0. The fourth-order valence-electron chi connectivity index (χ4n) is 6.31. The zero-order valence-corrected chi connectivity index (χ0v) is 30.6. The lowest BCUT2D eigenvalue weighted by Crippen LogP contribution is -2.52. The van der Waals surface area contributed by atoms with Gasteiger partial charge in [0.05, 0.1) is 13.2 Å². The number of esters is 2. The van der Waals surface area contributed by atoms with Gasteiger partial charge in [-0.05, 0) is 42.9 Å². The second-order valence-corrected chi connectivity index (χ2v) is 14.0. The Morgan fingerprint density at radius 1 is 0.549 bits per heavy atom. The smallest absolute Gasteiger partial charge is 0.432 e. The van der Waals surface area contributed by atoms with E-state index in [2.05, 4.69) is 20.8 Å². The van der Waals surface area contributed by atoms with Crippen molar-refractivity contribution >= 4 is 11.9 Å². The lowest BCUT2D eigenvalue weighted by Gasteiger charge is -2.33. The van der Waals surface area contributed by atoms with Crippen LogP contribution in [0.3, 0.4) is 0 Å². The molecule has 2 rings (SSSR count). The number of hydrogen-bond acceptors (Lipinski definition) is 6. The van der Waals surface area contributed by atoms with Gasteiger partial charge in [-0.2, -0.15) is 26.3 Å². The number of methoxy groups -OCH3 is 2. The summed E-state index contributed by atoms with van der Waals surface area (Å²) < 4.78 is 106. The molecule has 2 aromatic carbocycles. The van der Waals surface area contributed by atoms with Gasteiger partial charge < -0.3 is 18.9 Å². The molecular formula is C39H54F6O6. The molecule has 0 amide bonds. The maximum atomic E-state index is 14.3. The summed E-state index contributed by atoms with van der Waals surface area (Å²) >= 11 is 0. The Morgan fingerprint density at radius 3 is 1.31 bits per heavy atom. The maximum Gasteiger partial charge on any atom is 0.432 e. The Bertz CT molecular complexity index is 1300. The largest absolute Gasteiger partial charge is 0.463 e. The molecule has 0 saturated carbocycles. The summed E-state index contributed by atoms with van der Waals surface area (Å²) in [6.45, 7) is 7.74. The van der Waals surface area contributed by atoms with Crippen molar-refractivity contribution < 1.29 is 54.9 Å². The van der Waals surface area contributed by atoms with Gasteiger partial charge in [0.1, 0.15) is 0 Å². The Labute approximate surface area is 298 Å². The predicted molar refractivity (Wildman–Crippen MR) is 182 cm³/mol. The molecule has 5 atom stereocenters. The summed E-state index contributed by atoms with van der Waals surface area (Å²) in [5.41, 5.74) is -7.16. The molecular weight excluding hydrogens is 678 g/mol. The number of benzene rings is 2. The normalized spacial score (nSPS) is 16.5. The SMILES string of the molecule is CO[C@](C(=O)OCC(CCCC(C)C)CCCC(C)CCC[C@H](C)COC(=O)[C@@](OC)(c1ccccc1)C(F)(F)F)(c1ccccc1)C(F)(F)F. The number of halogens is 6. The van der Waals surface area contributed by atoms with E-state index in [0.717, 1.165) is 52.7 Å². The van der Waals surface area contributed by atoms with Crippen LogP contribution >= 0.6 is 0 Å². The molecule has 0 aliphatic heterocycles. The molecule has 0 heterocycles. The van der Waals surface area contributed by atoms with E-state index < -0.39 is 35.5 Å². The molecule has 0 aliphatic carbocycles. The van der Waals surface area contributed by atoms with Gasteiger partial charge >= 0.3 is 24.3 Å². The van der Waals surface area contributed by atoms with Crippen LogP contribution in [0.1, 0.15) is 96.6 Å². The highest BCUT2D eigenvalue weighted by Gasteiger charge is 2.65. The van der Waals surface area contributed by atoms with Crippen LogP contribution in [0, 0.1) is 23.7 Å². The van der Waals surface area contributed by atoms with Crippen molar-refractivity contribution in [2.24, 2.45) is 23.7 Å². The van der Waals surface area contributed by atoms with Crippen LogP contribution in [0.25, 0.3) is 0 Å². The molecule has 6 nitrogen and oxygen atoms in total. The third-order valence-electron chi connectivity index (χ3n) is 9.39. The van der Waals surface area contributed by atoms with E-state index in [-0.39, 0.29) is 36.2 Å². The monoisotopic (exact) mass is 732 g/mol.